The monoisotopic (exact) mass is 381 g/mol. The molecule has 1 N–H and O–H groups in total. The second-order valence-electron chi connectivity index (χ2n) is 7.36. The van der Waals surface area contributed by atoms with Gasteiger partial charge in [0.2, 0.25) is 5.91 Å². The first-order valence-electron chi connectivity index (χ1n) is 9.13. The van der Waals surface area contributed by atoms with Gasteiger partial charge in [0.05, 0.1) is 0 Å². The van der Waals surface area contributed by atoms with E-state index in [4.69, 9.17) is 0 Å². The average molecular weight is 381 g/mol. The molecule has 146 valence electrons. The number of nitrogens with zero attached hydrogens (tertiary/aromatic N) is 4. The van der Waals surface area contributed by atoms with Crippen molar-refractivity contribution >= 4 is 11.7 Å². The lowest BCUT2D eigenvalue weighted by atomic mass is 9.67. The maximum Gasteiger partial charge on any atom is 0.403 e. The molecule has 2 aliphatic rings. The molecule has 9 heteroatoms. The van der Waals surface area contributed by atoms with Crippen molar-refractivity contribution in [2.24, 2.45) is 5.41 Å². The Labute approximate surface area is 154 Å². The van der Waals surface area contributed by atoms with Crippen molar-refractivity contribution in [3.63, 3.8) is 0 Å². The predicted octanol–water partition coefficient (Wildman–Crippen LogP) is 2.89. The van der Waals surface area contributed by atoms with Crippen molar-refractivity contribution < 1.29 is 18.0 Å². The van der Waals surface area contributed by atoms with Crippen molar-refractivity contribution in [2.75, 3.05) is 31.1 Å². The number of nitrogens with one attached hydrogen (secondary N) is 1. The van der Waals surface area contributed by atoms with Crippen LogP contribution in [0.5, 0.6) is 0 Å². The Hall–Kier alpha value is -2.45. The summed E-state index contributed by atoms with van der Waals surface area (Å²) in [6.07, 6.45) is -2.28. The van der Waals surface area contributed by atoms with Crippen molar-refractivity contribution in [3.05, 3.63) is 30.1 Å². The summed E-state index contributed by atoms with van der Waals surface area (Å²) in [5.74, 6) is 0.929. The van der Waals surface area contributed by atoms with Crippen LogP contribution in [0.1, 0.15) is 25.0 Å². The molecule has 1 aliphatic carbocycles. The average Bonchev–Trinajstić information content (AvgIpc) is 3.21. The van der Waals surface area contributed by atoms with Gasteiger partial charge in [0.15, 0.2) is 5.82 Å². The quantitative estimate of drug-likeness (QED) is 0.890. The molecule has 0 bridgehead atoms. The van der Waals surface area contributed by atoms with E-state index in [9.17, 15) is 18.0 Å². The Morgan fingerprint density at radius 3 is 2.44 bits per heavy atom. The maximum absolute atomic E-state index is 13.4. The standard InChI is InChI=1S/C18H22F3N5O/c1-13-12-14(23-22-13)26-7-2-4-15(26)24-8-10-25(11-9-24)16(27)17(5-3-6-17)18(19,20)21/h2,4,7,12H,3,5-6,8-11H2,1H3,(H,22,23). The number of carbonyl (C=O) groups excluding carboxylic acids is 1. The summed E-state index contributed by atoms with van der Waals surface area (Å²) in [6, 6.07) is 5.78. The molecule has 2 aromatic rings. The molecule has 1 aliphatic heterocycles. The van der Waals surface area contributed by atoms with Gasteiger partial charge in [-0.2, -0.15) is 18.3 Å². The van der Waals surface area contributed by atoms with Gasteiger partial charge in [0, 0.05) is 44.1 Å². The van der Waals surface area contributed by atoms with Crippen LogP contribution in [0.2, 0.25) is 0 Å². The lowest BCUT2D eigenvalue weighted by Gasteiger charge is -2.46. The highest BCUT2D eigenvalue weighted by Crippen LogP contribution is 2.54. The molecular weight excluding hydrogens is 359 g/mol. The normalized spacial score (nSPS) is 19.9. The molecule has 0 unspecified atom stereocenters. The van der Waals surface area contributed by atoms with Gasteiger partial charge in [-0.1, -0.05) is 6.42 Å². The van der Waals surface area contributed by atoms with Gasteiger partial charge >= 0.3 is 6.18 Å². The number of aromatic nitrogens is 3. The van der Waals surface area contributed by atoms with Crippen LogP contribution in [0.25, 0.3) is 5.82 Å². The van der Waals surface area contributed by atoms with Crippen LogP contribution in [0, 0.1) is 12.3 Å². The summed E-state index contributed by atoms with van der Waals surface area (Å²) in [7, 11) is 0. The van der Waals surface area contributed by atoms with Crippen molar-refractivity contribution in [1.29, 1.82) is 0 Å². The number of hydrogen-bond acceptors (Lipinski definition) is 3. The summed E-state index contributed by atoms with van der Waals surface area (Å²) in [5, 5.41) is 7.16. The smallest absolute Gasteiger partial charge is 0.354 e. The summed E-state index contributed by atoms with van der Waals surface area (Å²) >= 11 is 0. The van der Waals surface area contributed by atoms with E-state index in [-0.39, 0.29) is 12.8 Å². The Bertz CT molecular complexity index is 828. The zero-order valence-electron chi connectivity index (χ0n) is 15.1. The summed E-state index contributed by atoms with van der Waals surface area (Å²) in [4.78, 5) is 16.1. The van der Waals surface area contributed by atoms with Crippen LogP contribution < -0.4 is 4.90 Å². The molecular formula is C18H22F3N5O. The first-order valence-corrected chi connectivity index (χ1v) is 9.13. The Morgan fingerprint density at radius 2 is 1.93 bits per heavy atom. The highest BCUT2D eigenvalue weighted by molar-refractivity contribution is 5.85. The zero-order chi connectivity index (χ0) is 19.2. The third kappa shape index (κ3) is 2.89. The number of halogens is 3. The number of carbonyl (C=O) groups is 1. The van der Waals surface area contributed by atoms with E-state index in [2.05, 4.69) is 15.1 Å². The van der Waals surface area contributed by atoms with Crippen molar-refractivity contribution in [1.82, 2.24) is 19.7 Å². The minimum absolute atomic E-state index is 0.0864. The van der Waals surface area contributed by atoms with Gasteiger partial charge < -0.3 is 9.80 Å². The predicted molar refractivity (Wildman–Crippen MR) is 93.8 cm³/mol. The molecule has 27 heavy (non-hydrogen) atoms. The molecule has 1 saturated carbocycles. The first-order chi connectivity index (χ1) is 12.8. The molecule has 0 radical (unpaired) electrons. The molecule has 2 aromatic heterocycles. The first kappa shape index (κ1) is 17.9. The highest BCUT2D eigenvalue weighted by Gasteiger charge is 2.64. The Kier molecular flexibility index (Phi) is 4.20. The maximum atomic E-state index is 13.4. The van der Waals surface area contributed by atoms with E-state index in [0.717, 1.165) is 17.3 Å². The second kappa shape index (κ2) is 6.31. The number of amides is 1. The lowest BCUT2D eigenvalue weighted by molar-refractivity contribution is -0.248. The van der Waals surface area contributed by atoms with Gasteiger partial charge in [-0.05, 0) is 31.9 Å². The molecule has 0 aromatic carbocycles. The van der Waals surface area contributed by atoms with Crippen LogP contribution in [-0.2, 0) is 4.79 Å². The molecule has 2 fully saturated rings. The van der Waals surface area contributed by atoms with E-state index >= 15 is 0 Å². The van der Waals surface area contributed by atoms with E-state index in [1.807, 2.05) is 35.9 Å². The van der Waals surface area contributed by atoms with Gasteiger partial charge in [-0.25, -0.2) is 0 Å². The molecule has 1 saturated heterocycles. The number of piperazine rings is 1. The molecule has 4 rings (SSSR count). The minimum atomic E-state index is -4.47. The van der Waals surface area contributed by atoms with Crippen LogP contribution in [0.15, 0.2) is 24.4 Å². The van der Waals surface area contributed by atoms with Gasteiger partial charge in [0.1, 0.15) is 11.2 Å². The van der Waals surface area contributed by atoms with Crippen LogP contribution in [0.4, 0.5) is 19.0 Å². The molecule has 0 spiro atoms. The number of rotatable bonds is 3. The van der Waals surface area contributed by atoms with E-state index in [0.29, 0.717) is 32.6 Å². The van der Waals surface area contributed by atoms with Gasteiger partial charge in [-0.15, -0.1) is 0 Å². The van der Waals surface area contributed by atoms with Crippen molar-refractivity contribution in [2.45, 2.75) is 32.4 Å². The molecule has 6 nitrogen and oxygen atoms in total. The summed E-state index contributed by atoms with van der Waals surface area (Å²) in [5.41, 5.74) is -1.21. The van der Waals surface area contributed by atoms with Crippen LogP contribution in [0.3, 0.4) is 0 Å². The lowest BCUT2D eigenvalue weighted by Crippen LogP contribution is -2.59. The third-order valence-electron chi connectivity index (χ3n) is 5.72. The van der Waals surface area contributed by atoms with E-state index < -0.39 is 17.5 Å². The fourth-order valence-corrected chi connectivity index (χ4v) is 3.94. The number of aryl methyl sites for hydroxylation is 1. The summed E-state index contributed by atoms with van der Waals surface area (Å²) in [6.45, 7) is 3.49. The van der Waals surface area contributed by atoms with E-state index in [1.165, 1.54) is 4.90 Å². The van der Waals surface area contributed by atoms with Gasteiger partial charge in [-0.3, -0.25) is 14.5 Å². The number of alkyl halides is 3. The van der Waals surface area contributed by atoms with Crippen LogP contribution in [-0.4, -0.2) is 57.9 Å². The number of aromatic amines is 1. The largest absolute Gasteiger partial charge is 0.403 e. The third-order valence-corrected chi connectivity index (χ3v) is 5.72. The number of anilines is 1. The van der Waals surface area contributed by atoms with Gasteiger partial charge in [0.25, 0.3) is 0 Å². The SMILES string of the molecule is Cc1cc(-n2cccc2N2CCN(C(=O)C3(C(F)(F)F)CCC3)CC2)n[nH]1. The summed E-state index contributed by atoms with van der Waals surface area (Å²) < 4.78 is 42.2. The van der Waals surface area contributed by atoms with Crippen LogP contribution >= 0.6 is 0 Å². The Balaban J connectivity index is 1.46. The second-order valence-corrected chi connectivity index (χ2v) is 7.36. The van der Waals surface area contributed by atoms with Crippen molar-refractivity contribution in [3.8, 4) is 5.82 Å². The number of H-pyrrole nitrogens is 1. The fourth-order valence-electron chi connectivity index (χ4n) is 3.94. The molecule has 0 atom stereocenters. The molecule has 1 amide bonds. The highest BCUT2D eigenvalue weighted by atomic mass is 19.4. The molecule has 3 heterocycles. The Morgan fingerprint density at radius 1 is 1.22 bits per heavy atom. The fraction of sp³-hybridized carbons (Fsp3) is 0.556. The minimum Gasteiger partial charge on any atom is -0.354 e. The topological polar surface area (TPSA) is 57.2 Å². The van der Waals surface area contributed by atoms with E-state index in [1.54, 1.807) is 0 Å². The number of hydrogen-bond donors (Lipinski definition) is 1. The zero-order valence-corrected chi connectivity index (χ0v) is 15.1.